The maximum Gasteiger partial charge on any atom is 0.243 e. The van der Waals surface area contributed by atoms with E-state index in [2.05, 4.69) is 29.6 Å². The fourth-order valence-corrected chi connectivity index (χ4v) is 12.9. The summed E-state index contributed by atoms with van der Waals surface area (Å²) in [5, 5.41) is 27.1. The highest BCUT2D eigenvalue weighted by molar-refractivity contribution is 7.94. The molecular weight excluding hydrogens is 1020 g/mol. The number of aryl methyl sites for hydroxylation is 2. The highest BCUT2D eigenvalue weighted by Crippen LogP contribution is 2.52. The fraction of sp³-hybridized carbons (Fsp3) is 0.400. The number of rotatable bonds is 24. The summed E-state index contributed by atoms with van der Waals surface area (Å²) in [5.74, 6) is -0.328. The second-order valence-electron chi connectivity index (χ2n) is 19.0. The van der Waals surface area contributed by atoms with E-state index in [1.54, 1.807) is 42.2 Å². The molecule has 392 valence electrons. The van der Waals surface area contributed by atoms with Crippen LogP contribution in [0.2, 0.25) is 0 Å². The average molecular weight is 1080 g/mol. The molecule has 73 heavy (non-hydrogen) atoms. The van der Waals surface area contributed by atoms with Gasteiger partial charge in [-0.25, -0.2) is 29.6 Å². The Morgan fingerprint density at radius 3 is 2.36 bits per heavy atom. The van der Waals surface area contributed by atoms with Gasteiger partial charge in [0.1, 0.15) is 16.7 Å². The van der Waals surface area contributed by atoms with Crippen molar-refractivity contribution in [1.29, 1.82) is 0 Å². The van der Waals surface area contributed by atoms with Crippen LogP contribution in [-0.2, 0) is 61.8 Å². The molecule has 7 rings (SSSR count). The van der Waals surface area contributed by atoms with Crippen LogP contribution in [0.1, 0.15) is 76.5 Å². The molecule has 0 fully saturated rings. The predicted molar refractivity (Wildman–Crippen MR) is 275 cm³/mol. The minimum absolute atomic E-state index is 0.0371. The molecule has 3 heterocycles. The molecule has 0 radical (unpaired) electrons. The van der Waals surface area contributed by atoms with Gasteiger partial charge in [0.05, 0.1) is 31.5 Å². The minimum atomic E-state index is -4.76. The normalized spacial score (nSPS) is 16.3. The average Bonchev–Trinajstić information content (AvgIpc) is 3.98. The topological polar surface area (TPSA) is 259 Å². The van der Waals surface area contributed by atoms with E-state index < -0.39 is 46.8 Å². The molecule has 0 aliphatic carbocycles. The Hall–Kier alpha value is -5.34. The molecule has 1 aromatic heterocycles. The Morgan fingerprint density at radius 2 is 1.64 bits per heavy atom. The van der Waals surface area contributed by atoms with Crippen LogP contribution in [0.4, 0.5) is 11.4 Å². The minimum Gasteiger partial charge on any atom is -0.748 e. The molecule has 2 aliphatic rings. The van der Waals surface area contributed by atoms with E-state index >= 15 is 0 Å². The van der Waals surface area contributed by atoms with Gasteiger partial charge in [-0.15, -0.1) is 5.10 Å². The van der Waals surface area contributed by atoms with Crippen LogP contribution in [0.15, 0.2) is 113 Å². The molecule has 4 aromatic carbocycles. The van der Waals surface area contributed by atoms with Gasteiger partial charge >= 0.3 is 0 Å². The SMILES string of the molecule is Cc1cc(S(=O)(=O)[O-])cc2c3c(ccc12)[N+](CCCSOO[O-])=C(/C=C/C=C/C=C1/N(CCCS(=O)(=O)[O-])c2ccc4c(S(=O)(=O)N(C)CCCC(=O)NCCCn5ccnn5)cccc4c2C1(C)C)C3(C)C. The van der Waals surface area contributed by atoms with Gasteiger partial charge in [0.15, 0.2) is 5.71 Å². The number of fused-ring (bicyclic) bond motifs is 6. The zero-order valence-corrected chi connectivity index (χ0v) is 44.7. The van der Waals surface area contributed by atoms with Crippen molar-refractivity contribution in [2.75, 3.05) is 49.6 Å². The summed E-state index contributed by atoms with van der Waals surface area (Å²) in [7, 11) is -11.8. The molecule has 0 spiro atoms. The van der Waals surface area contributed by atoms with E-state index in [9.17, 15) is 44.4 Å². The Balaban J connectivity index is 1.17. The number of sulfonamides is 1. The molecule has 0 unspecified atom stereocenters. The lowest BCUT2D eigenvalue weighted by atomic mass is 9.78. The highest BCUT2D eigenvalue weighted by Gasteiger charge is 2.46. The third kappa shape index (κ3) is 12.3. The predicted octanol–water partition coefficient (Wildman–Crippen LogP) is 5.77. The van der Waals surface area contributed by atoms with Gasteiger partial charge in [-0.3, -0.25) is 14.5 Å². The number of aromatic nitrogens is 3. The Kier molecular flexibility index (Phi) is 17.2. The monoisotopic (exact) mass is 1080 g/mol. The molecule has 0 atom stereocenters. The van der Waals surface area contributed by atoms with E-state index in [1.165, 1.54) is 23.5 Å². The number of nitrogens with zero attached hydrogens (tertiary/aromatic N) is 6. The summed E-state index contributed by atoms with van der Waals surface area (Å²) < 4.78 is 110. The van der Waals surface area contributed by atoms with E-state index in [1.807, 2.05) is 87.2 Å². The van der Waals surface area contributed by atoms with E-state index in [0.29, 0.717) is 66.4 Å². The lowest BCUT2D eigenvalue weighted by Crippen LogP contribution is -2.30. The number of carbonyl (C=O) groups is 1. The molecule has 0 saturated carbocycles. The Morgan fingerprint density at radius 1 is 0.877 bits per heavy atom. The first-order chi connectivity index (χ1) is 34.5. The second kappa shape index (κ2) is 22.6. The number of anilines is 1. The van der Waals surface area contributed by atoms with E-state index in [-0.39, 0.29) is 41.6 Å². The van der Waals surface area contributed by atoms with Crippen LogP contribution in [0.25, 0.3) is 21.5 Å². The second-order valence-corrected chi connectivity index (χ2v) is 24.7. The number of amides is 1. The van der Waals surface area contributed by atoms with Crippen molar-refractivity contribution in [3.05, 3.63) is 120 Å². The van der Waals surface area contributed by atoms with Crippen molar-refractivity contribution in [3.63, 3.8) is 0 Å². The van der Waals surface area contributed by atoms with Crippen molar-refractivity contribution in [3.8, 4) is 0 Å². The van der Waals surface area contributed by atoms with Crippen LogP contribution >= 0.6 is 12.0 Å². The van der Waals surface area contributed by atoms with Crippen molar-refractivity contribution >= 4 is 86.8 Å². The molecule has 23 heteroatoms. The maximum absolute atomic E-state index is 14.2. The van der Waals surface area contributed by atoms with Crippen molar-refractivity contribution in [2.45, 2.75) is 93.9 Å². The number of benzene rings is 4. The van der Waals surface area contributed by atoms with E-state index in [0.717, 1.165) is 51.3 Å². The number of carbonyl (C=O) groups excluding carboxylic acids is 1. The van der Waals surface area contributed by atoms with Crippen molar-refractivity contribution < 1.29 is 58.4 Å². The summed E-state index contributed by atoms with van der Waals surface area (Å²) in [6.07, 6.45) is 14.5. The van der Waals surface area contributed by atoms with E-state index in [4.69, 9.17) is 0 Å². The van der Waals surface area contributed by atoms with Crippen molar-refractivity contribution in [2.24, 2.45) is 0 Å². The summed E-state index contributed by atoms with van der Waals surface area (Å²) in [6.45, 7) is 11.7. The summed E-state index contributed by atoms with van der Waals surface area (Å²) >= 11 is 0.875. The zero-order valence-electron chi connectivity index (χ0n) is 41.4. The maximum atomic E-state index is 14.2. The van der Waals surface area contributed by atoms with Crippen LogP contribution in [-0.4, -0.2) is 115 Å². The first kappa shape index (κ1) is 55.4. The van der Waals surface area contributed by atoms with Gasteiger partial charge in [0, 0.05) is 116 Å². The third-order valence-corrected chi connectivity index (χ3v) is 17.5. The van der Waals surface area contributed by atoms with Gasteiger partial charge in [0.25, 0.3) is 0 Å². The number of hydrogen-bond acceptors (Lipinski definition) is 16. The molecule has 0 saturated heterocycles. The first-order valence-electron chi connectivity index (χ1n) is 23.6. The van der Waals surface area contributed by atoms with Crippen LogP contribution in [0, 0.1) is 6.92 Å². The summed E-state index contributed by atoms with van der Waals surface area (Å²) in [4.78, 5) is 14.3. The number of nitrogens with one attached hydrogen (secondary N) is 1. The summed E-state index contributed by atoms with van der Waals surface area (Å²) in [5.41, 5.74) is 4.09. The molecule has 5 aromatic rings. The molecule has 2 aliphatic heterocycles. The van der Waals surface area contributed by atoms with Gasteiger partial charge < -0.3 is 24.6 Å². The lowest BCUT2D eigenvalue weighted by molar-refractivity contribution is -0.777. The van der Waals surface area contributed by atoms with Crippen LogP contribution in [0.5, 0.6) is 0 Å². The standard InChI is InChI=1S/C50H61N7O12S4/c1-35-33-36(73(65,66)67)34-40-37(35)20-22-42-48(40)50(4,5)45(56(42)28-13-31-70-69-68-59)18-9-7-8-17-44-49(2,3)47-39-15-10-16-43(38(39)21-23-41(47)57(44)29-14-32-71(60,61)62)72(63,64)54(6)26-11-19-46(58)51-24-12-27-55-30-25-52-53-55/h7-10,15-18,20-23,25,30,33-34H,11-14,19,24,26-29,31-32H2,1-6H3,(H3-,51,58,59,60,61,62,65,66,67)/p-2. The smallest absolute Gasteiger partial charge is 0.243 e. The van der Waals surface area contributed by atoms with Crippen LogP contribution < -0.4 is 15.5 Å². The largest absolute Gasteiger partial charge is 0.748 e. The number of hydrogen-bond donors (Lipinski definition) is 1. The first-order valence-corrected chi connectivity index (χ1v) is 29.0. The van der Waals surface area contributed by atoms with Crippen LogP contribution in [0.3, 0.4) is 0 Å². The third-order valence-electron chi connectivity index (χ3n) is 13.4. The molecule has 0 bridgehead atoms. The molecule has 19 nitrogen and oxygen atoms in total. The van der Waals surface area contributed by atoms with Gasteiger partial charge in [-0.1, -0.05) is 55.5 Å². The quantitative estimate of drug-likeness (QED) is 0.0146. The number of allylic oxidation sites excluding steroid dienone is 6. The lowest BCUT2D eigenvalue weighted by Gasteiger charge is -2.27. The highest BCUT2D eigenvalue weighted by atomic mass is 32.2. The van der Waals surface area contributed by atoms with Crippen molar-refractivity contribution in [1.82, 2.24) is 24.6 Å². The molecular formula is C50H59N7O12S4-2. The zero-order chi connectivity index (χ0) is 52.9. The Bertz CT molecular complexity index is 3350. The van der Waals surface area contributed by atoms with Gasteiger partial charge in [-0.2, -0.15) is 8.91 Å². The van der Waals surface area contributed by atoms with Gasteiger partial charge in [0.2, 0.25) is 21.6 Å². The summed E-state index contributed by atoms with van der Waals surface area (Å²) in [6, 6.07) is 15.4. The molecule has 1 amide bonds. The molecule has 1 N–H and O–H groups in total. The Labute approximate surface area is 430 Å². The fourth-order valence-electron chi connectivity index (χ4n) is 10.0. The van der Waals surface area contributed by atoms with Gasteiger partial charge in [-0.05, 0) is 104 Å².